The molecule has 0 aromatic carbocycles. The zero-order valence-electron chi connectivity index (χ0n) is 10.6. The van der Waals surface area contributed by atoms with Crippen molar-refractivity contribution in [1.29, 1.82) is 0 Å². The van der Waals surface area contributed by atoms with Gasteiger partial charge in [0.15, 0.2) is 0 Å². The summed E-state index contributed by atoms with van der Waals surface area (Å²) in [5, 5.41) is 9.01. The minimum Gasteiger partial charge on any atom is -0.394 e. The van der Waals surface area contributed by atoms with Gasteiger partial charge < -0.3 is 15.6 Å². The van der Waals surface area contributed by atoms with E-state index >= 15 is 0 Å². The molecule has 0 aromatic heterocycles. The predicted molar refractivity (Wildman–Crippen MR) is 66.4 cm³/mol. The fourth-order valence-electron chi connectivity index (χ4n) is 2.21. The Morgan fingerprint density at radius 3 is 2.44 bits per heavy atom. The number of ether oxygens (including phenoxy) is 1. The zero-order valence-corrected chi connectivity index (χ0v) is 10.6. The lowest BCUT2D eigenvalue weighted by molar-refractivity contribution is 0.0371. The molecule has 0 aliphatic heterocycles. The van der Waals surface area contributed by atoms with Gasteiger partial charge in [0.05, 0.1) is 12.7 Å². The summed E-state index contributed by atoms with van der Waals surface area (Å²) in [6.07, 6.45) is 10.1. The van der Waals surface area contributed by atoms with Gasteiger partial charge in [-0.05, 0) is 32.6 Å². The number of nitrogens with two attached hydrogens (primary N) is 1. The van der Waals surface area contributed by atoms with Crippen molar-refractivity contribution in [2.45, 2.75) is 69.9 Å². The van der Waals surface area contributed by atoms with Crippen LogP contribution in [0.3, 0.4) is 0 Å². The van der Waals surface area contributed by atoms with Gasteiger partial charge in [-0.15, -0.1) is 0 Å². The van der Waals surface area contributed by atoms with Crippen molar-refractivity contribution in [3.63, 3.8) is 0 Å². The lowest BCUT2D eigenvalue weighted by Crippen LogP contribution is -2.40. The number of aliphatic hydroxyl groups is 1. The normalized spacial score (nSPS) is 22.7. The van der Waals surface area contributed by atoms with Crippen LogP contribution in [0.25, 0.3) is 0 Å². The van der Waals surface area contributed by atoms with E-state index in [2.05, 4.69) is 0 Å². The predicted octanol–water partition coefficient (Wildman–Crippen LogP) is 2.22. The largest absolute Gasteiger partial charge is 0.394 e. The molecule has 1 unspecified atom stereocenters. The topological polar surface area (TPSA) is 55.5 Å². The summed E-state index contributed by atoms with van der Waals surface area (Å²) in [5.41, 5.74) is 5.42. The van der Waals surface area contributed by atoms with E-state index in [1.165, 1.54) is 38.5 Å². The molecule has 0 aromatic rings. The van der Waals surface area contributed by atoms with Gasteiger partial charge >= 0.3 is 0 Å². The monoisotopic (exact) mass is 229 g/mol. The van der Waals surface area contributed by atoms with E-state index in [1.807, 2.05) is 6.92 Å². The van der Waals surface area contributed by atoms with Gasteiger partial charge in [0.1, 0.15) is 0 Å². The SMILES string of the molecule is CC(N)(CO)CCCOC1CCCCCC1. The van der Waals surface area contributed by atoms with Crippen LogP contribution in [0.4, 0.5) is 0 Å². The smallest absolute Gasteiger partial charge is 0.0608 e. The fraction of sp³-hybridized carbons (Fsp3) is 1.00. The van der Waals surface area contributed by atoms with Crippen molar-refractivity contribution in [1.82, 2.24) is 0 Å². The van der Waals surface area contributed by atoms with Crippen LogP contribution in [0.5, 0.6) is 0 Å². The van der Waals surface area contributed by atoms with Crippen LogP contribution in [-0.4, -0.2) is 30.0 Å². The maximum Gasteiger partial charge on any atom is 0.0608 e. The van der Waals surface area contributed by atoms with Gasteiger partial charge in [-0.25, -0.2) is 0 Å². The third kappa shape index (κ3) is 5.83. The highest BCUT2D eigenvalue weighted by atomic mass is 16.5. The number of rotatable bonds is 6. The van der Waals surface area contributed by atoms with Crippen LogP contribution < -0.4 is 5.73 Å². The highest BCUT2D eigenvalue weighted by Crippen LogP contribution is 2.20. The quantitative estimate of drug-likeness (QED) is 0.542. The first-order valence-electron chi connectivity index (χ1n) is 6.65. The van der Waals surface area contributed by atoms with Crippen molar-refractivity contribution in [3.8, 4) is 0 Å². The van der Waals surface area contributed by atoms with E-state index in [0.29, 0.717) is 6.10 Å². The molecule has 1 aliphatic carbocycles. The molecule has 1 aliphatic rings. The van der Waals surface area contributed by atoms with Crippen LogP contribution >= 0.6 is 0 Å². The Balaban J connectivity index is 2.05. The molecule has 1 atom stereocenters. The van der Waals surface area contributed by atoms with Gasteiger partial charge in [0, 0.05) is 12.1 Å². The molecule has 1 fully saturated rings. The summed E-state index contributed by atoms with van der Waals surface area (Å²) in [5.74, 6) is 0. The Kier molecular flexibility index (Phi) is 6.32. The Bertz CT molecular complexity index is 175. The standard InChI is InChI=1S/C13H27NO2/c1-13(14,11-15)9-6-10-16-12-7-4-2-3-5-8-12/h12,15H,2-11,14H2,1H3. The molecule has 3 nitrogen and oxygen atoms in total. The second kappa shape index (κ2) is 7.25. The Hall–Kier alpha value is -0.120. The number of aliphatic hydroxyl groups excluding tert-OH is 1. The van der Waals surface area contributed by atoms with E-state index in [4.69, 9.17) is 15.6 Å². The van der Waals surface area contributed by atoms with Crippen molar-refractivity contribution >= 4 is 0 Å². The molecule has 16 heavy (non-hydrogen) atoms. The number of hydrogen-bond acceptors (Lipinski definition) is 3. The Labute approximate surface area is 99.4 Å². The lowest BCUT2D eigenvalue weighted by Gasteiger charge is -2.22. The van der Waals surface area contributed by atoms with Crippen molar-refractivity contribution in [2.75, 3.05) is 13.2 Å². The minimum atomic E-state index is -0.438. The molecular formula is C13H27NO2. The maximum atomic E-state index is 9.01. The summed E-state index contributed by atoms with van der Waals surface area (Å²) in [4.78, 5) is 0. The van der Waals surface area contributed by atoms with E-state index < -0.39 is 5.54 Å². The first-order chi connectivity index (χ1) is 7.64. The molecule has 1 rings (SSSR count). The third-order valence-corrected chi connectivity index (χ3v) is 3.41. The van der Waals surface area contributed by atoms with E-state index in [1.54, 1.807) is 0 Å². The van der Waals surface area contributed by atoms with Crippen LogP contribution in [0, 0.1) is 0 Å². The summed E-state index contributed by atoms with van der Waals surface area (Å²) < 4.78 is 5.87. The Morgan fingerprint density at radius 2 is 1.88 bits per heavy atom. The minimum absolute atomic E-state index is 0.0520. The average Bonchev–Trinajstić information content (AvgIpc) is 2.53. The fourth-order valence-corrected chi connectivity index (χ4v) is 2.21. The van der Waals surface area contributed by atoms with E-state index in [0.717, 1.165) is 19.4 Å². The maximum absolute atomic E-state index is 9.01. The molecule has 1 saturated carbocycles. The molecule has 0 heterocycles. The molecule has 3 N–H and O–H groups in total. The van der Waals surface area contributed by atoms with Gasteiger partial charge in [-0.2, -0.15) is 0 Å². The summed E-state index contributed by atoms with van der Waals surface area (Å²) in [6, 6.07) is 0. The number of hydrogen-bond donors (Lipinski definition) is 2. The molecule has 0 amide bonds. The summed E-state index contributed by atoms with van der Waals surface area (Å²) in [6.45, 7) is 2.73. The second-order valence-electron chi connectivity index (χ2n) is 5.40. The van der Waals surface area contributed by atoms with E-state index in [9.17, 15) is 0 Å². The molecular weight excluding hydrogens is 202 g/mol. The molecule has 0 spiro atoms. The molecule has 0 bridgehead atoms. The van der Waals surface area contributed by atoms with Crippen molar-refractivity contribution < 1.29 is 9.84 Å². The molecule has 0 radical (unpaired) electrons. The van der Waals surface area contributed by atoms with Crippen LogP contribution in [0.2, 0.25) is 0 Å². The molecule has 3 heteroatoms. The highest BCUT2D eigenvalue weighted by Gasteiger charge is 2.17. The van der Waals surface area contributed by atoms with Gasteiger partial charge in [-0.3, -0.25) is 0 Å². The first-order valence-corrected chi connectivity index (χ1v) is 6.65. The molecule has 96 valence electrons. The Morgan fingerprint density at radius 1 is 1.25 bits per heavy atom. The second-order valence-corrected chi connectivity index (χ2v) is 5.40. The highest BCUT2D eigenvalue weighted by molar-refractivity contribution is 4.76. The zero-order chi connectivity index (χ0) is 11.9. The summed E-state index contributed by atoms with van der Waals surface area (Å²) in [7, 11) is 0. The van der Waals surface area contributed by atoms with E-state index in [-0.39, 0.29) is 6.61 Å². The van der Waals surface area contributed by atoms with Crippen molar-refractivity contribution in [3.05, 3.63) is 0 Å². The van der Waals surface area contributed by atoms with Crippen molar-refractivity contribution in [2.24, 2.45) is 5.73 Å². The van der Waals surface area contributed by atoms with Gasteiger partial charge in [0.2, 0.25) is 0 Å². The average molecular weight is 229 g/mol. The van der Waals surface area contributed by atoms with Crippen LogP contribution in [0.15, 0.2) is 0 Å². The van der Waals surface area contributed by atoms with Crippen LogP contribution in [0.1, 0.15) is 58.3 Å². The van der Waals surface area contributed by atoms with Crippen LogP contribution in [-0.2, 0) is 4.74 Å². The lowest BCUT2D eigenvalue weighted by atomic mass is 9.99. The molecule has 0 saturated heterocycles. The third-order valence-electron chi connectivity index (χ3n) is 3.41. The van der Waals surface area contributed by atoms with Gasteiger partial charge in [-0.1, -0.05) is 25.7 Å². The summed E-state index contributed by atoms with van der Waals surface area (Å²) >= 11 is 0. The van der Waals surface area contributed by atoms with Gasteiger partial charge in [0.25, 0.3) is 0 Å². The first kappa shape index (κ1) is 13.9.